The van der Waals surface area contributed by atoms with E-state index in [1.165, 1.54) is 0 Å². The minimum atomic E-state index is -5.02. The van der Waals surface area contributed by atoms with Crippen molar-refractivity contribution in [1.82, 2.24) is 0 Å². The molecule has 0 aliphatic rings. The lowest BCUT2D eigenvalue weighted by Gasteiger charge is -2.14. The van der Waals surface area contributed by atoms with Gasteiger partial charge >= 0.3 is 6.36 Å². The molecule has 0 aliphatic heterocycles. The SMILES string of the molecule is Oc1ccc(-c2cccc(F)c2F)c(OC(F)(F)F)c1. The van der Waals surface area contributed by atoms with E-state index in [0.717, 1.165) is 30.3 Å². The van der Waals surface area contributed by atoms with Crippen LogP contribution in [0.1, 0.15) is 0 Å². The van der Waals surface area contributed by atoms with Crippen LogP contribution in [-0.4, -0.2) is 11.5 Å². The standard InChI is InChI=1S/C13H7F5O2/c14-10-3-1-2-9(12(10)15)8-5-4-7(19)6-11(8)20-13(16,17)18/h1-6,19H. The maximum atomic E-state index is 13.6. The van der Waals surface area contributed by atoms with Crippen LogP contribution in [0.15, 0.2) is 36.4 Å². The average Bonchev–Trinajstić information content (AvgIpc) is 2.32. The van der Waals surface area contributed by atoms with Crippen molar-refractivity contribution in [3.63, 3.8) is 0 Å². The predicted molar refractivity (Wildman–Crippen MR) is 60.1 cm³/mol. The summed E-state index contributed by atoms with van der Waals surface area (Å²) in [5.41, 5.74) is -0.721. The van der Waals surface area contributed by atoms with Gasteiger partial charge in [0.2, 0.25) is 0 Å². The Kier molecular flexibility index (Phi) is 3.52. The number of hydrogen-bond acceptors (Lipinski definition) is 2. The molecule has 0 heterocycles. The first-order valence-corrected chi connectivity index (χ1v) is 5.31. The molecule has 1 N–H and O–H groups in total. The van der Waals surface area contributed by atoms with Gasteiger partial charge in [0.1, 0.15) is 11.5 Å². The maximum absolute atomic E-state index is 13.6. The molecule has 0 spiro atoms. The molecule has 20 heavy (non-hydrogen) atoms. The van der Waals surface area contributed by atoms with Crippen molar-refractivity contribution in [3.8, 4) is 22.6 Å². The van der Waals surface area contributed by atoms with E-state index in [1.807, 2.05) is 0 Å². The zero-order chi connectivity index (χ0) is 14.9. The van der Waals surface area contributed by atoms with Gasteiger partial charge in [-0.15, -0.1) is 13.2 Å². The minimum Gasteiger partial charge on any atom is -0.508 e. The van der Waals surface area contributed by atoms with Crippen molar-refractivity contribution in [3.05, 3.63) is 48.0 Å². The van der Waals surface area contributed by atoms with Crippen LogP contribution in [0, 0.1) is 11.6 Å². The Morgan fingerprint density at radius 1 is 0.950 bits per heavy atom. The van der Waals surface area contributed by atoms with Gasteiger partial charge in [0.05, 0.1) is 0 Å². The summed E-state index contributed by atoms with van der Waals surface area (Å²) in [4.78, 5) is 0. The number of phenolic OH excluding ortho intramolecular Hbond substituents is 1. The summed E-state index contributed by atoms with van der Waals surface area (Å²) in [6, 6.07) is 5.82. The first-order chi connectivity index (χ1) is 9.28. The van der Waals surface area contributed by atoms with Gasteiger partial charge in [-0.05, 0) is 18.2 Å². The first kappa shape index (κ1) is 14.1. The van der Waals surface area contributed by atoms with E-state index in [9.17, 15) is 27.1 Å². The van der Waals surface area contributed by atoms with E-state index in [4.69, 9.17) is 0 Å². The second kappa shape index (κ2) is 4.99. The molecule has 0 saturated carbocycles. The number of halogens is 5. The van der Waals surface area contributed by atoms with Gasteiger partial charge < -0.3 is 9.84 Å². The van der Waals surface area contributed by atoms with Crippen LogP contribution in [0.2, 0.25) is 0 Å². The molecule has 2 aromatic rings. The Morgan fingerprint density at radius 3 is 2.30 bits per heavy atom. The average molecular weight is 290 g/mol. The molecule has 2 aromatic carbocycles. The lowest BCUT2D eigenvalue weighted by molar-refractivity contribution is -0.274. The molecule has 106 valence electrons. The first-order valence-electron chi connectivity index (χ1n) is 5.31. The fourth-order valence-electron chi connectivity index (χ4n) is 1.65. The summed E-state index contributed by atoms with van der Waals surface area (Å²) in [6.45, 7) is 0. The zero-order valence-corrected chi connectivity index (χ0v) is 9.71. The highest BCUT2D eigenvalue weighted by molar-refractivity contribution is 5.72. The predicted octanol–water partition coefficient (Wildman–Crippen LogP) is 4.24. The molecule has 7 heteroatoms. The Morgan fingerprint density at radius 2 is 1.65 bits per heavy atom. The number of alkyl halides is 3. The second-order valence-corrected chi connectivity index (χ2v) is 3.83. The van der Waals surface area contributed by atoms with Crippen LogP contribution in [-0.2, 0) is 0 Å². The molecule has 0 aromatic heterocycles. The summed E-state index contributed by atoms with van der Waals surface area (Å²) in [5, 5.41) is 9.19. The van der Waals surface area contributed by atoms with E-state index < -0.39 is 35.1 Å². The second-order valence-electron chi connectivity index (χ2n) is 3.83. The highest BCUT2D eigenvalue weighted by Gasteiger charge is 2.32. The molecule has 0 amide bonds. The van der Waals surface area contributed by atoms with E-state index in [0.29, 0.717) is 6.07 Å². The summed E-state index contributed by atoms with van der Waals surface area (Å²) in [6.07, 6.45) is -5.02. The fraction of sp³-hybridized carbons (Fsp3) is 0.0769. The van der Waals surface area contributed by atoms with E-state index in [1.54, 1.807) is 0 Å². The van der Waals surface area contributed by atoms with Gasteiger partial charge in [-0.1, -0.05) is 12.1 Å². The Bertz CT molecular complexity index is 637. The lowest BCUT2D eigenvalue weighted by Crippen LogP contribution is -2.17. The van der Waals surface area contributed by atoms with Gasteiger partial charge in [0.25, 0.3) is 0 Å². The summed E-state index contributed by atoms with van der Waals surface area (Å²) < 4.78 is 67.3. The van der Waals surface area contributed by atoms with Crippen LogP contribution in [0.25, 0.3) is 11.1 Å². The van der Waals surface area contributed by atoms with E-state index in [-0.39, 0.29) is 5.56 Å². The Balaban J connectivity index is 2.59. The van der Waals surface area contributed by atoms with Crippen LogP contribution in [0.3, 0.4) is 0 Å². The van der Waals surface area contributed by atoms with Crippen LogP contribution in [0.4, 0.5) is 22.0 Å². The summed E-state index contributed by atoms with van der Waals surface area (Å²) in [7, 11) is 0. The number of phenols is 1. The van der Waals surface area contributed by atoms with Crippen LogP contribution < -0.4 is 4.74 Å². The Hall–Kier alpha value is -2.31. The summed E-state index contributed by atoms with van der Waals surface area (Å²) in [5.74, 6) is -3.81. The molecule has 0 saturated heterocycles. The van der Waals surface area contributed by atoms with Crippen molar-refractivity contribution in [1.29, 1.82) is 0 Å². The fourth-order valence-corrected chi connectivity index (χ4v) is 1.65. The molecule has 2 rings (SSSR count). The molecule has 0 unspecified atom stereocenters. The summed E-state index contributed by atoms with van der Waals surface area (Å²) >= 11 is 0. The molecule has 2 nitrogen and oxygen atoms in total. The number of ether oxygens (including phenoxy) is 1. The van der Waals surface area contributed by atoms with Crippen molar-refractivity contribution >= 4 is 0 Å². The quantitative estimate of drug-likeness (QED) is 0.838. The van der Waals surface area contributed by atoms with Gasteiger partial charge in [0.15, 0.2) is 11.6 Å². The number of hydrogen-bond donors (Lipinski definition) is 1. The Labute approximate surface area is 110 Å². The highest BCUT2D eigenvalue weighted by atomic mass is 19.4. The topological polar surface area (TPSA) is 29.5 Å². The normalized spacial score (nSPS) is 11.4. The number of benzene rings is 2. The van der Waals surface area contributed by atoms with E-state index >= 15 is 0 Å². The van der Waals surface area contributed by atoms with Gasteiger partial charge in [-0.3, -0.25) is 0 Å². The molecule has 0 fully saturated rings. The number of aromatic hydroxyl groups is 1. The third-order valence-electron chi connectivity index (χ3n) is 2.43. The smallest absolute Gasteiger partial charge is 0.508 e. The van der Waals surface area contributed by atoms with Crippen LogP contribution in [0.5, 0.6) is 11.5 Å². The lowest BCUT2D eigenvalue weighted by atomic mass is 10.0. The molecule has 0 radical (unpaired) electrons. The van der Waals surface area contributed by atoms with E-state index in [2.05, 4.69) is 4.74 Å². The van der Waals surface area contributed by atoms with Gasteiger partial charge in [-0.25, -0.2) is 8.78 Å². The molecular formula is C13H7F5O2. The molecule has 0 bridgehead atoms. The minimum absolute atomic E-state index is 0.322. The van der Waals surface area contributed by atoms with Crippen LogP contribution >= 0.6 is 0 Å². The van der Waals surface area contributed by atoms with Gasteiger partial charge in [0, 0.05) is 17.2 Å². The molecule has 0 aliphatic carbocycles. The number of rotatable bonds is 2. The third-order valence-corrected chi connectivity index (χ3v) is 2.43. The monoisotopic (exact) mass is 290 g/mol. The van der Waals surface area contributed by atoms with Crippen molar-refractivity contribution < 1.29 is 31.8 Å². The van der Waals surface area contributed by atoms with Gasteiger partial charge in [-0.2, -0.15) is 0 Å². The largest absolute Gasteiger partial charge is 0.573 e. The third kappa shape index (κ3) is 2.98. The maximum Gasteiger partial charge on any atom is 0.573 e. The van der Waals surface area contributed by atoms with Crippen molar-refractivity contribution in [2.45, 2.75) is 6.36 Å². The zero-order valence-electron chi connectivity index (χ0n) is 9.71. The van der Waals surface area contributed by atoms with Crippen molar-refractivity contribution in [2.75, 3.05) is 0 Å². The molecule has 0 atom stereocenters. The molecular weight excluding hydrogens is 283 g/mol. The highest BCUT2D eigenvalue weighted by Crippen LogP contribution is 2.37. The van der Waals surface area contributed by atoms with Crippen molar-refractivity contribution in [2.24, 2.45) is 0 Å².